The Morgan fingerprint density at radius 1 is 1.15 bits per heavy atom. The van der Waals surface area contributed by atoms with Gasteiger partial charge < -0.3 is 9.52 Å². The molecule has 3 nitrogen and oxygen atoms in total. The molecular formula is C16H14ClNO2. The van der Waals surface area contributed by atoms with Crippen LogP contribution in [-0.2, 0) is 5.60 Å². The van der Waals surface area contributed by atoms with Gasteiger partial charge in [-0.05, 0) is 25.5 Å². The lowest BCUT2D eigenvalue weighted by atomic mass is 9.97. The van der Waals surface area contributed by atoms with E-state index >= 15 is 0 Å². The predicted molar refractivity (Wildman–Crippen MR) is 79.7 cm³/mol. The molecule has 0 saturated carbocycles. The molecule has 3 rings (SSSR count). The van der Waals surface area contributed by atoms with Gasteiger partial charge in [0.05, 0.1) is 10.6 Å². The van der Waals surface area contributed by atoms with Crippen molar-refractivity contribution in [3.05, 3.63) is 53.2 Å². The van der Waals surface area contributed by atoms with Crippen molar-refractivity contribution in [1.82, 2.24) is 4.98 Å². The van der Waals surface area contributed by atoms with Crippen LogP contribution in [0.15, 0.2) is 47.0 Å². The summed E-state index contributed by atoms with van der Waals surface area (Å²) in [6.07, 6.45) is 1.65. The largest absolute Gasteiger partial charge is 0.453 e. The summed E-state index contributed by atoms with van der Waals surface area (Å²) in [6, 6.07) is 11.2. The standard InChI is InChI=1S/C16H14ClNO2/c1-16(2,19)11-5-3-10(4-6-11)14-9-13-15(20-14)12(17)7-8-18-13/h3-9,19H,1-2H3. The number of hydrogen-bond donors (Lipinski definition) is 1. The zero-order valence-electron chi connectivity index (χ0n) is 11.2. The van der Waals surface area contributed by atoms with Gasteiger partial charge in [0.15, 0.2) is 5.58 Å². The zero-order chi connectivity index (χ0) is 14.3. The van der Waals surface area contributed by atoms with Crippen LogP contribution < -0.4 is 0 Å². The summed E-state index contributed by atoms with van der Waals surface area (Å²) in [5.41, 5.74) is 2.26. The molecule has 0 saturated heterocycles. The normalized spacial score (nSPS) is 12.0. The van der Waals surface area contributed by atoms with Crippen molar-refractivity contribution < 1.29 is 9.52 Å². The highest BCUT2D eigenvalue weighted by atomic mass is 35.5. The van der Waals surface area contributed by atoms with Crippen molar-refractivity contribution in [2.24, 2.45) is 0 Å². The Morgan fingerprint density at radius 3 is 2.45 bits per heavy atom. The molecule has 0 aliphatic heterocycles. The number of nitrogens with zero attached hydrogens (tertiary/aromatic N) is 1. The number of pyridine rings is 1. The monoisotopic (exact) mass is 287 g/mol. The second-order valence-corrected chi connectivity index (χ2v) is 5.66. The van der Waals surface area contributed by atoms with Gasteiger partial charge in [-0.25, -0.2) is 0 Å². The van der Waals surface area contributed by atoms with E-state index in [1.807, 2.05) is 30.3 Å². The number of hydrogen-bond acceptors (Lipinski definition) is 3. The first kappa shape index (κ1) is 13.2. The van der Waals surface area contributed by atoms with Crippen molar-refractivity contribution in [3.8, 4) is 11.3 Å². The molecule has 0 aliphatic carbocycles. The summed E-state index contributed by atoms with van der Waals surface area (Å²) in [7, 11) is 0. The van der Waals surface area contributed by atoms with Crippen LogP contribution in [0.2, 0.25) is 5.02 Å². The first-order valence-corrected chi connectivity index (χ1v) is 6.70. The number of aliphatic hydroxyl groups is 1. The van der Waals surface area contributed by atoms with Gasteiger partial charge in [-0.3, -0.25) is 4.98 Å². The Hall–Kier alpha value is -1.84. The van der Waals surface area contributed by atoms with Crippen molar-refractivity contribution in [3.63, 3.8) is 0 Å². The maximum atomic E-state index is 9.95. The highest BCUT2D eigenvalue weighted by molar-refractivity contribution is 6.34. The number of rotatable bonds is 2. The van der Waals surface area contributed by atoms with Crippen LogP contribution in [0.1, 0.15) is 19.4 Å². The number of furan rings is 1. The van der Waals surface area contributed by atoms with E-state index in [2.05, 4.69) is 4.98 Å². The Labute approximate surface area is 121 Å². The summed E-state index contributed by atoms with van der Waals surface area (Å²) in [5, 5.41) is 10.5. The fourth-order valence-corrected chi connectivity index (χ4v) is 2.28. The van der Waals surface area contributed by atoms with Crippen LogP contribution in [0.5, 0.6) is 0 Å². The van der Waals surface area contributed by atoms with Gasteiger partial charge in [-0.1, -0.05) is 35.9 Å². The Balaban J connectivity index is 2.05. The maximum Gasteiger partial charge on any atom is 0.171 e. The summed E-state index contributed by atoms with van der Waals surface area (Å²) < 4.78 is 5.75. The Kier molecular flexibility index (Phi) is 3.04. The molecule has 0 amide bonds. The minimum absolute atomic E-state index is 0.550. The quantitative estimate of drug-likeness (QED) is 0.761. The van der Waals surface area contributed by atoms with Gasteiger partial charge >= 0.3 is 0 Å². The van der Waals surface area contributed by atoms with E-state index in [-0.39, 0.29) is 0 Å². The van der Waals surface area contributed by atoms with Gasteiger partial charge in [0.2, 0.25) is 0 Å². The van der Waals surface area contributed by atoms with E-state index in [0.29, 0.717) is 16.4 Å². The smallest absolute Gasteiger partial charge is 0.171 e. The summed E-state index contributed by atoms with van der Waals surface area (Å²) >= 11 is 6.08. The van der Waals surface area contributed by atoms with Gasteiger partial charge in [0.25, 0.3) is 0 Å². The van der Waals surface area contributed by atoms with E-state index in [1.54, 1.807) is 26.1 Å². The molecule has 2 aromatic heterocycles. The summed E-state index contributed by atoms with van der Waals surface area (Å²) in [6.45, 7) is 3.51. The molecule has 3 aromatic rings. The highest BCUT2D eigenvalue weighted by Crippen LogP contribution is 2.31. The molecule has 1 aromatic carbocycles. The second-order valence-electron chi connectivity index (χ2n) is 5.25. The van der Waals surface area contributed by atoms with Crippen LogP contribution in [0.4, 0.5) is 0 Å². The van der Waals surface area contributed by atoms with E-state index in [4.69, 9.17) is 16.0 Å². The fourth-order valence-electron chi connectivity index (χ4n) is 2.09. The van der Waals surface area contributed by atoms with Gasteiger partial charge in [-0.15, -0.1) is 0 Å². The number of fused-ring (bicyclic) bond motifs is 1. The van der Waals surface area contributed by atoms with Crippen LogP contribution in [0.3, 0.4) is 0 Å². The zero-order valence-corrected chi connectivity index (χ0v) is 12.0. The molecule has 0 aliphatic rings. The molecule has 20 heavy (non-hydrogen) atoms. The molecule has 0 atom stereocenters. The highest BCUT2D eigenvalue weighted by Gasteiger charge is 2.16. The molecule has 0 bridgehead atoms. The average Bonchev–Trinajstić information content (AvgIpc) is 2.83. The van der Waals surface area contributed by atoms with E-state index in [1.165, 1.54) is 0 Å². The Bertz CT molecular complexity index is 754. The first-order chi connectivity index (χ1) is 9.45. The number of halogens is 1. The molecule has 4 heteroatoms. The molecule has 0 fully saturated rings. The molecule has 1 N–H and O–H groups in total. The lowest BCUT2D eigenvalue weighted by Gasteiger charge is -2.17. The third kappa shape index (κ3) is 2.30. The van der Waals surface area contributed by atoms with Gasteiger partial charge in [0.1, 0.15) is 11.3 Å². The van der Waals surface area contributed by atoms with Crippen molar-refractivity contribution in [2.75, 3.05) is 0 Å². The molecule has 0 unspecified atom stereocenters. The second kappa shape index (κ2) is 4.62. The number of benzene rings is 1. The maximum absolute atomic E-state index is 9.95. The van der Waals surface area contributed by atoms with E-state index < -0.39 is 5.60 Å². The van der Waals surface area contributed by atoms with Crippen molar-refractivity contribution in [2.45, 2.75) is 19.4 Å². The fraction of sp³-hybridized carbons (Fsp3) is 0.188. The van der Waals surface area contributed by atoms with E-state index in [9.17, 15) is 5.11 Å². The van der Waals surface area contributed by atoms with Crippen LogP contribution in [0, 0.1) is 0 Å². The molecule has 2 heterocycles. The van der Waals surface area contributed by atoms with Crippen molar-refractivity contribution >= 4 is 22.7 Å². The van der Waals surface area contributed by atoms with Crippen LogP contribution in [-0.4, -0.2) is 10.1 Å². The van der Waals surface area contributed by atoms with Crippen LogP contribution >= 0.6 is 11.6 Å². The molecule has 0 spiro atoms. The Morgan fingerprint density at radius 2 is 1.85 bits per heavy atom. The average molecular weight is 288 g/mol. The minimum atomic E-state index is -0.850. The summed E-state index contributed by atoms with van der Waals surface area (Å²) in [4.78, 5) is 4.23. The van der Waals surface area contributed by atoms with Gasteiger partial charge in [0, 0.05) is 17.8 Å². The SMILES string of the molecule is CC(C)(O)c1ccc(-c2cc3nccc(Cl)c3o2)cc1. The molecule has 0 radical (unpaired) electrons. The van der Waals surface area contributed by atoms with Crippen molar-refractivity contribution in [1.29, 1.82) is 0 Å². The topological polar surface area (TPSA) is 46.3 Å². The van der Waals surface area contributed by atoms with E-state index in [0.717, 1.165) is 16.6 Å². The third-order valence-corrected chi connectivity index (χ3v) is 3.54. The first-order valence-electron chi connectivity index (χ1n) is 6.32. The lowest BCUT2D eigenvalue weighted by molar-refractivity contribution is 0.0786. The minimum Gasteiger partial charge on any atom is -0.453 e. The van der Waals surface area contributed by atoms with Crippen LogP contribution in [0.25, 0.3) is 22.4 Å². The molecular weight excluding hydrogens is 274 g/mol. The third-order valence-electron chi connectivity index (χ3n) is 3.24. The lowest BCUT2D eigenvalue weighted by Crippen LogP contribution is -2.14. The summed E-state index contributed by atoms with van der Waals surface area (Å²) in [5.74, 6) is 0.711. The molecule has 102 valence electrons. The van der Waals surface area contributed by atoms with Gasteiger partial charge in [-0.2, -0.15) is 0 Å². The number of aromatic nitrogens is 1. The predicted octanol–water partition coefficient (Wildman–Crippen LogP) is 4.38.